The Morgan fingerprint density at radius 2 is 2.50 bits per heavy atom. The maximum atomic E-state index is 5.56. The average molecular weight is 226 g/mol. The molecule has 3 atom stereocenters. The van der Waals surface area contributed by atoms with Crippen LogP contribution in [-0.4, -0.2) is 39.0 Å². The Balaban J connectivity index is 1.95. The fourth-order valence-electron chi connectivity index (χ4n) is 2.09. The first kappa shape index (κ1) is 11.4. The lowest BCUT2D eigenvalue weighted by Gasteiger charge is -2.19. The molecule has 2 heterocycles. The van der Waals surface area contributed by atoms with E-state index in [1.165, 1.54) is 4.80 Å². The molecule has 1 aromatic rings. The maximum absolute atomic E-state index is 5.56. The van der Waals surface area contributed by atoms with Crippen molar-refractivity contribution in [2.24, 2.45) is 18.8 Å². The molecular weight excluding hydrogens is 208 g/mol. The van der Waals surface area contributed by atoms with Crippen LogP contribution >= 0.6 is 0 Å². The van der Waals surface area contributed by atoms with Gasteiger partial charge in [0.25, 0.3) is 0 Å². The Morgan fingerprint density at radius 3 is 3.00 bits per heavy atom. The molecule has 3 N–H and O–H groups in total. The lowest BCUT2D eigenvalue weighted by Crippen LogP contribution is -2.43. The number of ether oxygens (including phenoxy) is 1. The number of tetrazole rings is 1. The van der Waals surface area contributed by atoms with E-state index in [-0.39, 0.29) is 6.04 Å². The van der Waals surface area contributed by atoms with E-state index < -0.39 is 0 Å². The molecule has 0 aromatic carbocycles. The van der Waals surface area contributed by atoms with Crippen molar-refractivity contribution < 1.29 is 4.74 Å². The SMILES string of the molecule is CC1CC(C(Cc2nnn(C)n2)NN)CO1. The molecule has 1 saturated heterocycles. The molecule has 2 rings (SSSR count). The first-order valence-corrected chi connectivity index (χ1v) is 5.49. The minimum atomic E-state index is 0.147. The topological polar surface area (TPSA) is 90.9 Å². The second-order valence-electron chi connectivity index (χ2n) is 4.31. The molecule has 0 bridgehead atoms. The molecule has 0 amide bonds. The van der Waals surface area contributed by atoms with Crippen molar-refractivity contribution in [2.45, 2.75) is 31.9 Å². The van der Waals surface area contributed by atoms with Gasteiger partial charge < -0.3 is 4.74 Å². The second kappa shape index (κ2) is 4.86. The highest BCUT2D eigenvalue weighted by Gasteiger charge is 2.29. The van der Waals surface area contributed by atoms with E-state index in [4.69, 9.17) is 10.6 Å². The van der Waals surface area contributed by atoms with Crippen LogP contribution in [0.1, 0.15) is 19.2 Å². The second-order valence-corrected chi connectivity index (χ2v) is 4.31. The number of nitrogens with two attached hydrogens (primary N) is 1. The molecule has 90 valence electrons. The first-order chi connectivity index (χ1) is 7.69. The van der Waals surface area contributed by atoms with Gasteiger partial charge in [-0.05, 0) is 18.6 Å². The van der Waals surface area contributed by atoms with Crippen molar-refractivity contribution in [2.75, 3.05) is 6.61 Å². The first-order valence-electron chi connectivity index (χ1n) is 5.49. The summed E-state index contributed by atoms with van der Waals surface area (Å²) in [6.45, 7) is 2.82. The summed E-state index contributed by atoms with van der Waals surface area (Å²) >= 11 is 0. The Kier molecular flexibility index (Phi) is 3.47. The fourth-order valence-corrected chi connectivity index (χ4v) is 2.09. The molecule has 7 nitrogen and oxygen atoms in total. The Morgan fingerprint density at radius 1 is 1.69 bits per heavy atom. The summed E-state index contributed by atoms with van der Waals surface area (Å²) in [4.78, 5) is 1.46. The van der Waals surface area contributed by atoms with Gasteiger partial charge in [0.05, 0.1) is 19.8 Å². The number of hydrogen-bond acceptors (Lipinski definition) is 6. The summed E-state index contributed by atoms with van der Waals surface area (Å²) in [6.07, 6.45) is 2.02. The molecule has 1 aliphatic heterocycles. The number of aryl methyl sites for hydroxylation is 1. The summed E-state index contributed by atoms with van der Waals surface area (Å²) in [5.41, 5.74) is 2.83. The smallest absolute Gasteiger partial charge is 0.176 e. The molecule has 0 spiro atoms. The lowest BCUT2D eigenvalue weighted by molar-refractivity contribution is 0.116. The molecule has 0 saturated carbocycles. The largest absolute Gasteiger partial charge is 0.378 e. The predicted molar refractivity (Wildman–Crippen MR) is 57.1 cm³/mol. The van der Waals surface area contributed by atoms with Gasteiger partial charge in [-0.15, -0.1) is 10.2 Å². The van der Waals surface area contributed by atoms with E-state index in [1.54, 1.807) is 7.05 Å². The van der Waals surface area contributed by atoms with Gasteiger partial charge in [-0.1, -0.05) is 0 Å². The summed E-state index contributed by atoms with van der Waals surface area (Å²) in [5, 5.41) is 11.9. The zero-order valence-electron chi connectivity index (χ0n) is 9.63. The van der Waals surface area contributed by atoms with Gasteiger partial charge in [0, 0.05) is 18.4 Å². The number of aromatic nitrogens is 4. The quantitative estimate of drug-likeness (QED) is 0.506. The van der Waals surface area contributed by atoms with Gasteiger partial charge in [0.1, 0.15) is 0 Å². The van der Waals surface area contributed by atoms with Crippen molar-refractivity contribution in [3.05, 3.63) is 5.82 Å². The van der Waals surface area contributed by atoms with Gasteiger partial charge in [-0.25, -0.2) is 0 Å². The molecule has 0 aliphatic carbocycles. The zero-order valence-corrected chi connectivity index (χ0v) is 9.63. The van der Waals surface area contributed by atoms with Crippen LogP contribution in [0.15, 0.2) is 0 Å². The van der Waals surface area contributed by atoms with Gasteiger partial charge in [0.15, 0.2) is 5.82 Å². The number of nitrogens with one attached hydrogen (secondary N) is 1. The van der Waals surface area contributed by atoms with Gasteiger partial charge in [-0.2, -0.15) is 4.80 Å². The standard InChI is InChI=1S/C9H18N6O/c1-6-3-7(5-16-6)8(11-10)4-9-12-14-15(2)13-9/h6-8,11H,3-5,10H2,1-2H3. The van der Waals surface area contributed by atoms with Crippen LogP contribution in [0.5, 0.6) is 0 Å². The number of nitrogens with zero attached hydrogens (tertiary/aromatic N) is 4. The van der Waals surface area contributed by atoms with E-state index >= 15 is 0 Å². The highest BCUT2D eigenvalue weighted by molar-refractivity contribution is 4.89. The van der Waals surface area contributed by atoms with Crippen LogP contribution in [0.2, 0.25) is 0 Å². The maximum Gasteiger partial charge on any atom is 0.176 e. The molecule has 16 heavy (non-hydrogen) atoms. The van der Waals surface area contributed by atoms with Crippen LogP contribution in [0, 0.1) is 5.92 Å². The van der Waals surface area contributed by atoms with E-state index in [0.717, 1.165) is 13.0 Å². The van der Waals surface area contributed by atoms with E-state index in [0.29, 0.717) is 24.3 Å². The minimum absolute atomic E-state index is 0.147. The van der Waals surface area contributed by atoms with Crippen molar-refractivity contribution in [3.8, 4) is 0 Å². The molecule has 3 unspecified atom stereocenters. The van der Waals surface area contributed by atoms with Crippen LogP contribution < -0.4 is 11.3 Å². The van der Waals surface area contributed by atoms with Crippen LogP contribution in [0.25, 0.3) is 0 Å². The number of hydrazine groups is 1. The van der Waals surface area contributed by atoms with E-state index in [9.17, 15) is 0 Å². The monoisotopic (exact) mass is 226 g/mol. The fraction of sp³-hybridized carbons (Fsp3) is 0.889. The molecule has 1 aliphatic rings. The van der Waals surface area contributed by atoms with Crippen molar-refractivity contribution in [1.29, 1.82) is 0 Å². The van der Waals surface area contributed by atoms with Crippen LogP contribution in [0.3, 0.4) is 0 Å². The normalized spacial score (nSPS) is 27.2. The average Bonchev–Trinajstić information content (AvgIpc) is 2.84. The highest BCUT2D eigenvalue weighted by Crippen LogP contribution is 2.23. The molecule has 1 aromatic heterocycles. The lowest BCUT2D eigenvalue weighted by atomic mass is 9.95. The van der Waals surface area contributed by atoms with Gasteiger partial charge in [0.2, 0.25) is 0 Å². The summed E-state index contributed by atoms with van der Waals surface area (Å²) in [5.74, 6) is 6.70. The molecule has 1 fully saturated rings. The third-order valence-corrected chi connectivity index (χ3v) is 2.96. The molecular formula is C9H18N6O. The molecule has 0 radical (unpaired) electrons. The summed E-state index contributed by atoms with van der Waals surface area (Å²) in [6, 6.07) is 0.147. The Hall–Kier alpha value is -1.05. The Labute approximate surface area is 94.3 Å². The minimum Gasteiger partial charge on any atom is -0.378 e. The van der Waals surface area contributed by atoms with E-state index in [2.05, 4.69) is 27.8 Å². The number of hydrogen-bond donors (Lipinski definition) is 2. The van der Waals surface area contributed by atoms with Gasteiger partial charge in [-0.3, -0.25) is 11.3 Å². The van der Waals surface area contributed by atoms with Crippen molar-refractivity contribution >= 4 is 0 Å². The van der Waals surface area contributed by atoms with Crippen molar-refractivity contribution in [1.82, 2.24) is 25.6 Å². The summed E-state index contributed by atoms with van der Waals surface area (Å²) < 4.78 is 5.53. The Bertz CT molecular complexity index is 340. The van der Waals surface area contributed by atoms with E-state index in [1.807, 2.05) is 0 Å². The van der Waals surface area contributed by atoms with Crippen LogP contribution in [-0.2, 0) is 18.2 Å². The third-order valence-electron chi connectivity index (χ3n) is 2.96. The summed E-state index contributed by atoms with van der Waals surface area (Å²) in [7, 11) is 1.75. The van der Waals surface area contributed by atoms with Crippen LogP contribution in [0.4, 0.5) is 0 Å². The number of rotatable bonds is 4. The molecule has 7 heteroatoms. The zero-order chi connectivity index (χ0) is 11.5. The highest BCUT2D eigenvalue weighted by atomic mass is 16.5. The third kappa shape index (κ3) is 2.55. The predicted octanol–water partition coefficient (Wildman–Crippen LogP) is -0.990. The van der Waals surface area contributed by atoms with Crippen molar-refractivity contribution in [3.63, 3.8) is 0 Å². The van der Waals surface area contributed by atoms with Gasteiger partial charge >= 0.3 is 0 Å².